The summed E-state index contributed by atoms with van der Waals surface area (Å²) in [7, 11) is 1.88. The van der Waals surface area contributed by atoms with E-state index in [0.29, 0.717) is 6.42 Å². The fourth-order valence-corrected chi connectivity index (χ4v) is 1.62. The first-order chi connectivity index (χ1) is 6.74. The minimum absolute atomic E-state index is 0.236. The number of hydrogen-bond acceptors (Lipinski definition) is 3. The number of carbonyl (C=O) groups is 1. The molecule has 0 radical (unpaired) electrons. The lowest BCUT2D eigenvalue weighted by atomic mass is 10.3. The van der Waals surface area contributed by atoms with Crippen molar-refractivity contribution in [2.24, 2.45) is 0 Å². The van der Waals surface area contributed by atoms with Gasteiger partial charge in [-0.25, -0.2) is 0 Å². The van der Waals surface area contributed by atoms with Crippen molar-refractivity contribution >= 4 is 5.91 Å². The molecule has 0 spiro atoms. The Morgan fingerprint density at radius 2 is 2.07 bits per heavy atom. The van der Waals surface area contributed by atoms with E-state index in [9.17, 15) is 4.79 Å². The molecule has 4 heteroatoms. The maximum absolute atomic E-state index is 11.3. The molecule has 1 aliphatic heterocycles. The molecule has 1 N–H and O–H groups in total. The first kappa shape index (κ1) is 11.5. The fraction of sp³-hybridized carbons (Fsp3) is 0.900. The van der Waals surface area contributed by atoms with E-state index in [0.717, 1.165) is 39.3 Å². The number of carbonyl (C=O) groups excluding carboxylic acids is 1. The van der Waals surface area contributed by atoms with Crippen molar-refractivity contribution < 1.29 is 4.79 Å². The van der Waals surface area contributed by atoms with Crippen LogP contribution in [0.5, 0.6) is 0 Å². The Balaban J connectivity index is 2.15. The molecule has 1 aliphatic rings. The van der Waals surface area contributed by atoms with Gasteiger partial charge in [0, 0.05) is 52.7 Å². The number of likely N-dealkylation sites (N-methyl/N-ethyl adjacent to an activating group) is 1. The minimum atomic E-state index is 0.236. The summed E-state index contributed by atoms with van der Waals surface area (Å²) >= 11 is 0. The largest absolute Gasteiger partial charge is 0.344 e. The summed E-state index contributed by atoms with van der Waals surface area (Å²) in [6.45, 7) is 8.12. The van der Waals surface area contributed by atoms with Crippen molar-refractivity contribution in [3.63, 3.8) is 0 Å². The molecule has 1 fully saturated rings. The molecule has 0 aromatic heterocycles. The van der Waals surface area contributed by atoms with Crippen LogP contribution in [-0.2, 0) is 4.79 Å². The Labute approximate surface area is 86.2 Å². The lowest BCUT2D eigenvalue weighted by Gasteiger charge is -2.29. The predicted molar refractivity (Wildman–Crippen MR) is 57.2 cm³/mol. The van der Waals surface area contributed by atoms with Gasteiger partial charge in [-0.05, 0) is 0 Å². The van der Waals surface area contributed by atoms with Crippen LogP contribution in [-0.4, -0.2) is 62.0 Å². The van der Waals surface area contributed by atoms with Crippen molar-refractivity contribution in [3.8, 4) is 0 Å². The van der Waals surface area contributed by atoms with Crippen LogP contribution in [0, 0.1) is 0 Å². The van der Waals surface area contributed by atoms with E-state index in [4.69, 9.17) is 0 Å². The highest BCUT2D eigenvalue weighted by Crippen LogP contribution is 1.94. The zero-order valence-electron chi connectivity index (χ0n) is 9.25. The molecule has 0 saturated carbocycles. The molecule has 1 heterocycles. The number of nitrogens with zero attached hydrogens (tertiary/aromatic N) is 2. The molecule has 14 heavy (non-hydrogen) atoms. The van der Waals surface area contributed by atoms with Gasteiger partial charge < -0.3 is 10.2 Å². The van der Waals surface area contributed by atoms with Crippen LogP contribution < -0.4 is 5.32 Å². The molecule has 1 saturated heterocycles. The normalized spacial score (nSPS) is 18.1. The second-order valence-corrected chi connectivity index (χ2v) is 3.76. The lowest BCUT2D eigenvalue weighted by molar-refractivity contribution is -0.129. The third-order valence-corrected chi connectivity index (χ3v) is 2.69. The van der Waals surface area contributed by atoms with E-state index in [1.807, 2.05) is 18.9 Å². The molecule has 0 aliphatic carbocycles. The highest BCUT2D eigenvalue weighted by Gasteiger charge is 2.11. The predicted octanol–water partition coefficient (Wildman–Crippen LogP) is -0.240. The Bertz CT molecular complexity index is 178. The Morgan fingerprint density at radius 3 is 2.64 bits per heavy atom. The maximum atomic E-state index is 11.3. The van der Waals surface area contributed by atoms with E-state index in [1.54, 1.807) is 0 Å². The molecule has 0 atom stereocenters. The van der Waals surface area contributed by atoms with Crippen LogP contribution in [0.2, 0.25) is 0 Å². The fourth-order valence-electron chi connectivity index (χ4n) is 1.62. The van der Waals surface area contributed by atoms with Crippen molar-refractivity contribution in [2.45, 2.75) is 13.3 Å². The topological polar surface area (TPSA) is 35.6 Å². The van der Waals surface area contributed by atoms with Gasteiger partial charge in [0.2, 0.25) is 5.91 Å². The zero-order chi connectivity index (χ0) is 10.4. The summed E-state index contributed by atoms with van der Waals surface area (Å²) < 4.78 is 0. The monoisotopic (exact) mass is 199 g/mol. The van der Waals surface area contributed by atoms with E-state index >= 15 is 0 Å². The Morgan fingerprint density at radius 1 is 1.43 bits per heavy atom. The average Bonchev–Trinajstić information content (AvgIpc) is 2.26. The molecule has 1 amide bonds. The molecule has 1 rings (SSSR count). The summed E-state index contributed by atoms with van der Waals surface area (Å²) in [6.07, 6.45) is 0.609. The summed E-state index contributed by atoms with van der Waals surface area (Å²) in [5, 5.41) is 3.31. The van der Waals surface area contributed by atoms with Crippen LogP contribution in [0.15, 0.2) is 0 Å². The van der Waals surface area contributed by atoms with E-state index in [2.05, 4.69) is 10.2 Å². The number of rotatable bonds is 4. The smallest absolute Gasteiger partial charge is 0.222 e. The standard InChI is InChI=1S/C10H21N3O/c1-3-10(14)12(2)8-9-13-6-4-11-5-7-13/h11H,3-9H2,1-2H3. The quantitative estimate of drug-likeness (QED) is 0.679. The SMILES string of the molecule is CCC(=O)N(C)CCN1CCNCC1. The van der Waals surface area contributed by atoms with Crippen LogP contribution in [0.3, 0.4) is 0 Å². The van der Waals surface area contributed by atoms with Crippen molar-refractivity contribution in [2.75, 3.05) is 46.3 Å². The minimum Gasteiger partial charge on any atom is -0.344 e. The first-order valence-electron chi connectivity index (χ1n) is 5.41. The Hall–Kier alpha value is -0.610. The first-order valence-corrected chi connectivity index (χ1v) is 5.41. The van der Waals surface area contributed by atoms with Crippen LogP contribution in [0.4, 0.5) is 0 Å². The van der Waals surface area contributed by atoms with Gasteiger partial charge in [-0.1, -0.05) is 6.92 Å². The van der Waals surface area contributed by atoms with Crippen molar-refractivity contribution in [1.82, 2.24) is 15.1 Å². The van der Waals surface area contributed by atoms with Crippen molar-refractivity contribution in [1.29, 1.82) is 0 Å². The maximum Gasteiger partial charge on any atom is 0.222 e. The van der Waals surface area contributed by atoms with Gasteiger partial charge in [0.05, 0.1) is 0 Å². The number of piperazine rings is 1. The van der Waals surface area contributed by atoms with Crippen LogP contribution in [0.1, 0.15) is 13.3 Å². The number of amides is 1. The molecule has 0 unspecified atom stereocenters. The van der Waals surface area contributed by atoms with Gasteiger partial charge in [0.1, 0.15) is 0 Å². The Kier molecular flexibility index (Phi) is 4.90. The summed E-state index contributed by atoms with van der Waals surface area (Å²) in [4.78, 5) is 15.5. The molecule has 0 aromatic rings. The lowest BCUT2D eigenvalue weighted by Crippen LogP contribution is -2.46. The molecular weight excluding hydrogens is 178 g/mol. The second kappa shape index (κ2) is 5.98. The van der Waals surface area contributed by atoms with Gasteiger partial charge in [0.25, 0.3) is 0 Å². The van der Waals surface area contributed by atoms with Crippen molar-refractivity contribution in [3.05, 3.63) is 0 Å². The van der Waals surface area contributed by atoms with Crippen LogP contribution in [0.25, 0.3) is 0 Å². The van der Waals surface area contributed by atoms with Gasteiger partial charge in [-0.3, -0.25) is 9.69 Å². The molecular formula is C10H21N3O. The molecule has 82 valence electrons. The third kappa shape index (κ3) is 3.64. The van der Waals surface area contributed by atoms with Crippen LogP contribution >= 0.6 is 0 Å². The summed E-state index contributed by atoms with van der Waals surface area (Å²) in [5.41, 5.74) is 0. The summed E-state index contributed by atoms with van der Waals surface area (Å²) in [6, 6.07) is 0. The van der Waals surface area contributed by atoms with E-state index in [-0.39, 0.29) is 5.91 Å². The van der Waals surface area contributed by atoms with E-state index in [1.165, 1.54) is 0 Å². The van der Waals surface area contributed by atoms with Gasteiger partial charge >= 0.3 is 0 Å². The number of nitrogens with one attached hydrogen (secondary N) is 1. The van der Waals surface area contributed by atoms with Gasteiger partial charge in [-0.2, -0.15) is 0 Å². The average molecular weight is 199 g/mol. The third-order valence-electron chi connectivity index (χ3n) is 2.69. The molecule has 4 nitrogen and oxygen atoms in total. The second-order valence-electron chi connectivity index (χ2n) is 3.76. The molecule has 0 bridgehead atoms. The highest BCUT2D eigenvalue weighted by molar-refractivity contribution is 5.75. The van der Waals surface area contributed by atoms with Gasteiger partial charge in [0.15, 0.2) is 0 Å². The van der Waals surface area contributed by atoms with E-state index < -0.39 is 0 Å². The number of hydrogen-bond donors (Lipinski definition) is 1. The van der Waals surface area contributed by atoms with Gasteiger partial charge in [-0.15, -0.1) is 0 Å². The zero-order valence-corrected chi connectivity index (χ0v) is 9.25. The summed E-state index contributed by atoms with van der Waals surface area (Å²) in [5.74, 6) is 0.236. The highest BCUT2D eigenvalue weighted by atomic mass is 16.2. The molecule has 0 aromatic carbocycles.